The Hall–Kier alpha value is -2.97. The summed E-state index contributed by atoms with van der Waals surface area (Å²) in [4.78, 5) is 37.2. The molecule has 0 aliphatic rings. The minimum Gasteiger partial charge on any atom is -0.477 e. The minimum absolute atomic E-state index is 0.0501. The smallest absolute Gasteiger partial charge is 0.362 e. The van der Waals surface area contributed by atoms with Gasteiger partial charge in [-0.2, -0.15) is 0 Å². The fraction of sp³-hybridized carbons (Fsp3) is 0.764. The van der Waals surface area contributed by atoms with Crippen LogP contribution in [0.5, 0.6) is 0 Å². The van der Waals surface area contributed by atoms with Crippen molar-refractivity contribution >= 4 is 17.9 Å². The number of allylic oxidation sites excluding steroid dienone is 10. The van der Waals surface area contributed by atoms with Gasteiger partial charge in [0, 0.05) is 19.3 Å². The molecule has 0 bridgehead atoms. The molecule has 1 N–H and O–H groups in total. The first-order valence-corrected chi connectivity index (χ1v) is 25.9. The number of carboxylic acids is 1. The van der Waals surface area contributed by atoms with Crippen molar-refractivity contribution in [1.29, 1.82) is 0 Å². The number of quaternary nitrogens is 1. The first-order valence-electron chi connectivity index (χ1n) is 25.9. The largest absolute Gasteiger partial charge is 0.477 e. The van der Waals surface area contributed by atoms with E-state index in [2.05, 4.69) is 74.6 Å². The first-order chi connectivity index (χ1) is 30.6. The van der Waals surface area contributed by atoms with Crippen molar-refractivity contribution in [2.24, 2.45) is 0 Å². The summed E-state index contributed by atoms with van der Waals surface area (Å²) < 4.78 is 17.3. The van der Waals surface area contributed by atoms with Crippen molar-refractivity contribution in [3.63, 3.8) is 0 Å². The molecular formula is C55H98NO7+. The second-order valence-electron chi connectivity index (χ2n) is 18.5. The molecule has 0 heterocycles. The van der Waals surface area contributed by atoms with Crippen LogP contribution in [0.15, 0.2) is 60.8 Å². The number of likely N-dealkylation sites (N-methyl/N-ethyl adjacent to an activating group) is 1. The lowest BCUT2D eigenvalue weighted by molar-refractivity contribution is -0.887. The molecule has 0 aromatic carbocycles. The molecule has 8 heteroatoms. The quantitative estimate of drug-likeness (QED) is 0.0214. The van der Waals surface area contributed by atoms with Gasteiger partial charge in [-0.25, -0.2) is 4.79 Å². The second kappa shape index (κ2) is 45.6. The van der Waals surface area contributed by atoms with Crippen LogP contribution in [-0.4, -0.2) is 80.6 Å². The Bertz CT molecular complexity index is 1210. The van der Waals surface area contributed by atoms with Crippen LogP contribution in [-0.2, 0) is 28.6 Å². The fourth-order valence-electron chi connectivity index (χ4n) is 7.45. The average molecular weight is 885 g/mol. The highest BCUT2D eigenvalue weighted by Gasteiger charge is 2.31. The summed E-state index contributed by atoms with van der Waals surface area (Å²) in [6.45, 7) is 4.69. The van der Waals surface area contributed by atoms with Crippen LogP contribution in [0.2, 0.25) is 0 Å². The summed E-state index contributed by atoms with van der Waals surface area (Å²) in [5.74, 6) is -1.50. The number of carbonyl (C=O) groups excluding carboxylic acids is 2. The molecule has 0 aliphatic heterocycles. The van der Waals surface area contributed by atoms with E-state index in [0.717, 1.165) is 64.2 Å². The predicted octanol–water partition coefficient (Wildman–Crippen LogP) is 14.9. The highest BCUT2D eigenvalue weighted by Crippen LogP contribution is 2.15. The number of unbranched alkanes of at least 4 members (excludes halogenated alkanes) is 25. The predicted molar refractivity (Wildman–Crippen MR) is 266 cm³/mol. The Balaban J connectivity index is 4.30. The van der Waals surface area contributed by atoms with Gasteiger partial charge < -0.3 is 23.8 Å². The Morgan fingerprint density at radius 2 is 0.857 bits per heavy atom. The number of carbonyl (C=O) groups is 3. The van der Waals surface area contributed by atoms with Crippen LogP contribution >= 0.6 is 0 Å². The van der Waals surface area contributed by atoms with Crippen molar-refractivity contribution in [3.05, 3.63) is 60.8 Å². The Labute approximate surface area is 388 Å². The van der Waals surface area contributed by atoms with E-state index in [1.165, 1.54) is 122 Å². The van der Waals surface area contributed by atoms with E-state index in [1.54, 1.807) is 0 Å². The Kier molecular flexibility index (Phi) is 43.4. The van der Waals surface area contributed by atoms with Gasteiger partial charge in [-0.15, -0.1) is 0 Å². The molecule has 2 atom stereocenters. The summed E-state index contributed by atoms with van der Waals surface area (Å²) in [5.41, 5.74) is 0. The van der Waals surface area contributed by atoms with Gasteiger partial charge in [-0.05, 0) is 64.2 Å². The molecule has 0 saturated heterocycles. The van der Waals surface area contributed by atoms with Gasteiger partial charge in [0.05, 0.1) is 34.4 Å². The van der Waals surface area contributed by atoms with Crippen molar-refractivity contribution < 1.29 is 38.2 Å². The third-order valence-corrected chi connectivity index (χ3v) is 11.5. The normalized spacial score (nSPS) is 13.3. The van der Waals surface area contributed by atoms with Gasteiger partial charge >= 0.3 is 17.9 Å². The molecule has 364 valence electrons. The van der Waals surface area contributed by atoms with Crippen LogP contribution in [0.3, 0.4) is 0 Å². The molecule has 0 saturated carbocycles. The third-order valence-electron chi connectivity index (χ3n) is 11.5. The molecule has 0 aromatic heterocycles. The SMILES string of the molecule is CCCCC/C=C/C=C/C=C/C=C/CCCCCCCC(=O)OCC(COCCC(C(=O)O)[N+](C)(C)C)OC(=O)CCCCCCCCC/C=C/CCCCCCCCCCCC. The van der Waals surface area contributed by atoms with Gasteiger partial charge in [0.15, 0.2) is 12.1 Å². The molecule has 8 nitrogen and oxygen atoms in total. The molecule has 0 radical (unpaired) electrons. The van der Waals surface area contributed by atoms with E-state index in [1.807, 2.05) is 21.1 Å². The van der Waals surface area contributed by atoms with Gasteiger partial charge in [-0.1, -0.05) is 197 Å². The zero-order valence-electron chi connectivity index (χ0n) is 41.5. The molecule has 0 aliphatic carbocycles. The molecular weight excluding hydrogens is 787 g/mol. The molecule has 0 fully saturated rings. The lowest BCUT2D eigenvalue weighted by Gasteiger charge is -2.31. The maximum atomic E-state index is 12.8. The fourth-order valence-corrected chi connectivity index (χ4v) is 7.45. The lowest BCUT2D eigenvalue weighted by Crippen LogP contribution is -2.50. The van der Waals surface area contributed by atoms with Crippen molar-refractivity contribution in [3.8, 4) is 0 Å². The summed E-state index contributed by atoms with van der Waals surface area (Å²) in [6, 6.07) is -0.622. The summed E-state index contributed by atoms with van der Waals surface area (Å²) >= 11 is 0. The summed E-state index contributed by atoms with van der Waals surface area (Å²) in [6.07, 6.45) is 56.9. The van der Waals surface area contributed by atoms with Crippen LogP contribution < -0.4 is 0 Å². The van der Waals surface area contributed by atoms with Gasteiger partial charge in [0.2, 0.25) is 0 Å². The van der Waals surface area contributed by atoms with E-state index in [0.29, 0.717) is 19.3 Å². The van der Waals surface area contributed by atoms with Gasteiger partial charge in [-0.3, -0.25) is 9.59 Å². The zero-order chi connectivity index (χ0) is 46.3. The van der Waals surface area contributed by atoms with E-state index in [4.69, 9.17) is 14.2 Å². The monoisotopic (exact) mass is 885 g/mol. The van der Waals surface area contributed by atoms with Crippen molar-refractivity contribution in [2.45, 2.75) is 231 Å². The highest BCUT2D eigenvalue weighted by molar-refractivity contribution is 5.72. The lowest BCUT2D eigenvalue weighted by atomic mass is 10.1. The molecule has 0 amide bonds. The van der Waals surface area contributed by atoms with Gasteiger partial charge in [0.25, 0.3) is 0 Å². The van der Waals surface area contributed by atoms with E-state index < -0.39 is 18.1 Å². The number of aliphatic carboxylic acids is 1. The number of esters is 2. The average Bonchev–Trinajstić information content (AvgIpc) is 3.24. The Morgan fingerprint density at radius 3 is 1.32 bits per heavy atom. The first kappa shape index (κ1) is 60.0. The summed E-state index contributed by atoms with van der Waals surface area (Å²) in [7, 11) is 5.52. The second-order valence-corrected chi connectivity index (χ2v) is 18.5. The number of carboxylic acid groups (broad SMARTS) is 1. The molecule has 0 rings (SSSR count). The van der Waals surface area contributed by atoms with Crippen LogP contribution in [0.1, 0.15) is 219 Å². The molecule has 0 spiro atoms. The van der Waals surface area contributed by atoms with Crippen LogP contribution in [0, 0.1) is 0 Å². The number of nitrogens with zero attached hydrogens (tertiary/aromatic N) is 1. The van der Waals surface area contributed by atoms with E-state index in [-0.39, 0.29) is 36.2 Å². The number of rotatable bonds is 46. The Morgan fingerprint density at radius 1 is 0.476 bits per heavy atom. The maximum Gasteiger partial charge on any atom is 0.362 e. The molecule has 0 aromatic rings. The number of ether oxygens (including phenoxy) is 3. The highest BCUT2D eigenvalue weighted by atomic mass is 16.6. The summed E-state index contributed by atoms with van der Waals surface area (Å²) in [5, 5.41) is 9.65. The molecule has 2 unspecified atom stereocenters. The van der Waals surface area contributed by atoms with Crippen LogP contribution in [0.25, 0.3) is 0 Å². The topological polar surface area (TPSA) is 99.1 Å². The molecule has 63 heavy (non-hydrogen) atoms. The third kappa shape index (κ3) is 44.0. The minimum atomic E-state index is -0.880. The maximum absolute atomic E-state index is 12.8. The van der Waals surface area contributed by atoms with Gasteiger partial charge in [0.1, 0.15) is 6.61 Å². The van der Waals surface area contributed by atoms with E-state index >= 15 is 0 Å². The van der Waals surface area contributed by atoms with Crippen molar-refractivity contribution in [2.75, 3.05) is 41.0 Å². The zero-order valence-corrected chi connectivity index (χ0v) is 41.5. The van der Waals surface area contributed by atoms with Crippen molar-refractivity contribution in [1.82, 2.24) is 0 Å². The number of hydrogen-bond donors (Lipinski definition) is 1. The van der Waals surface area contributed by atoms with E-state index in [9.17, 15) is 19.5 Å². The number of hydrogen-bond acceptors (Lipinski definition) is 6. The standard InChI is InChI=1S/C55H97NO7/c1-6-8-10-12-14-16-18-20-22-24-26-27-28-30-32-34-36-38-40-42-44-46-54(58)63-51(49-61-48-47-52(55(59)60)56(3,4)5)50-62-53(57)45-43-41-39-37-35-33-31-29-25-23-21-19-17-15-13-11-9-7-2/h15,17,19,21,23,25,27-29,31,51-52H,6-14,16,18,20,22,24,26,30,32-50H2,1-5H3/p+1/b17-15+,21-19+,25-23+,28-27+,31-29+. The van der Waals surface area contributed by atoms with Crippen LogP contribution in [0.4, 0.5) is 0 Å².